The molecule has 2 aromatic rings. The van der Waals surface area contributed by atoms with Crippen molar-refractivity contribution in [2.75, 3.05) is 26.2 Å². The van der Waals surface area contributed by atoms with Crippen LogP contribution in [0.1, 0.15) is 183 Å². The third kappa shape index (κ3) is 21.7. The molecule has 0 amide bonds. The van der Waals surface area contributed by atoms with Crippen LogP contribution < -0.4 is 31.1 Å². The van der Waals surface area contributed by atoms with Crippen molar-refractivity contribution in [2.45, 2.75) is 195 Å². The van der Waals surface area contributed by atoms with Crippen LogP contribution in [-0.4, -0.2) is 62.9 Å². The van der Waals surface area contributed by atoms with Gasteiger partial charge >= 0.3 is 21.7 Å². The molecular weight excluding hydrogens is 744 g/mol. The fourth-order valence-corrected chi connectivity index (χ4v) is 6.19. The summed E-state index contributed by atoms with van der Waals surface area (Å²) in [6, 6.07) is 9.13. The Morgan fingerprint density at radius 2 is 0.860 bits per heavy atom. The molecule has 0 unspecified atom stereocenters. The average molecular weight is 825 g/mol. The monoisotopic (exact) mass is 825 g/mol. The second-order valence-corrected chi connectivity index (χ2v) is 20.3. The largest absolute Gasteiger partial charge is 4.00 e. The van der Waals surface area contributed by atoms with E-state index in [9.17, 15) is 20.4 Å². The Hall–Kier alpha value is -2.07. The Labute approximate surface area is 364 Å². The molecule has 4 rings (SSSR count). The van der Waals surface area contributed by atoms with Gasteiger partial charge in [0.15, 0.2) is 0 Å². The predicted molar refractivity (Wildman–Crippen MR) is 233 cm³/mol. The van der Waals surface area contributed by atoms with Gasteiger partial charge in [0.2, 0.25) is 0 Å². The summed E-state index contributed by atoms with van der Waals surface area (Å²) in [6.45, 7) is 35.8. The van der Waals surface area contributed by atoms with Crippen molar-refractivity contribution >= 4 is 12.4 Å². The number of piperidine rings is 2. The molecule has 2 fully saturated rings. The van der Waals surface area contributed by atoms with Gasteiger partial charge in [-0.1, -0.05) is 159 Å². The number of aliphatic imine (C=N–C) groups is 2. The number of nitrogens with one attached hydrogen (secondary N) is 2. The van der Waals surface area contributed by atoms with Crippen LogP contribution in [-0.2, 0) is 43.4 Å². The van der Waals surface area contributed by atoms with E-state index in [1.165, 1.54) is 49.7 Å². The molecule has 8 nitrogen and oxygen atoms in total. The van der Waals surface area contributed by atoms with Gasteiger partial charge in [-0.3, -0.25) is 9.98 Å². The van der Waals surface area contributed by atoms with Crippen molar-refractivity contribution < 1.29 is 42.1 Å². The molecule has 0 saturated carbocycles. The molecular formula is C48H80N4O4Ti. The molecule has 2 saturated heterocycles. The Balaban J connectivity index is 0.000000912. The van der Waals surface area contributed by atoms with E-state index in [0.29, 0.717) is 12.1 Å². The zero-order valence-corrected chi connectivity index (χ0v) is 40.4. The Morgan fingerprint density at radius 1 is 0.561 bits per heavy atom. The zero-order chi connectivity index (χ0) is 43.1. The van der Waals surface area contributed by atoms with Gasteiger partial charge in [-0.2, -0.15) is 0 Å². The third-order valence-corrected chi connectivity index (χ3v) is 9.52. The van der Waals surface area contributed by atoms with Gasteiger partial charge in [-0.15, -0.1) is 12.2 Å². The topological polar surface area (TPSA) is 141 Å². The van der Waals surface area contributed by atoms with Crippen LogP contribution in [0.25, 0.3) is 0 Å². The number of benzene rings is 2. The summed E-state index contributed by atoms with van der Waals surface area (Å²) < 4.78 is 0. The number of hydrogen-bond acceptors (Lipinski definition) is 8. The molecule has 0 spiro atoms. The molecule has 2 aliphatic rings. The fraction of sp³-hybridized carbons (Fsp3) is 0.708. The van der Waals surface area contributed by atoms with Crippen LogP contribution in [0.3, 0.4) is 0 Å². The SMILES string of the molecule is CC(C)(C)c1cc(C=NC[C@@H]2CCCCN2)c([O-])c(C(C)(C)C)c1.CC(C)(C)c1cc(C=NC[C@@H]2CCCCN2)c([O-])c(C(C)(C)C)c1.CC(C)[O-].CC(C)[O-].[Ti+4]. The van der Waals surface area contributed by atoms with E-state index in [1.807, 2.05) is 12.1 Å². The summed E-state index contributed by atoms with van der Waals surface area (Å²) in [6.07, 6.45) is 10.2. The van der Waals surface area contributed by atoms with Gasteiger partial charge in [0.25, 0.3) is 0 Å². The summed E-state index contributed by atoms with van der Waals surface area (Å²) in [7, 11) is 0. The summed E-state index contributed by atoms with van der Waals surface area (Å²) >= 11 is 0. The van der Waals surface area contributed by atoms with Gasteiger partial charge in [0, 0.05) is 24.5 Å². The first-order valence-electron chi connectivity index (χ1n) is 21.1. The fourth-order valence-electron chi connectivity index (χ4n) is 6.19. The molecule has 0 bridgehead atoms. The van der Waals surface area contributed by atoms with Gasteiger partial charge in [0.1, 0.15) is 0 Å². The summed E-state index contributed by atoms with van der Waals surface area (Å²) in [5, 5.41) is 51.8. The molecule has 2 N–H and O–H groups in total. The summed E-state index contributed by atoms with van der Waals surface area (Å²) in [4.78, 5) is 9.17. The van der Waals surface area contributed by atoms with E-state index in [4.69, 9.17) is 0 Å². The minimum atomic E-state index is -0.417. The minimum absolute atomic E-state index is 0. The number of hydrogen-bond donors (Lipinski definition) is 2. The summed E-state index contributed by atoms with van der Waals surface area (Å²) in [5.41, 5.74) is 5.32. The molecule has 2 aliphatic heterocycles. The molecule has 0 aliphatic carbocycles. The zero-order valence-electron chi connectivity index (χ0n) is 38.9. The van der Waals surface area contributed by atoms with Gasteiger partial charge in [-0.25, -0.2) is 0 Å². The van der Waals surface area contributed by atoms with Gasteiger partial charge < -0.3 is 31.1 Å². The third-order valence-electron chi connectivity index (χ3n) is 9.52. The normalized spacial score (nSPS) is 18.0. The first-order chi connectivity index (χ1) is 25.6. The number of nitrogens with zero attached hydrogens (tertiary/aromatic N) is 2. The van der Waals surface area contributed by atoms with Crippen LogP contribution in [0.5, 0.6) is 11.5 Å². The molecule has 2 heterocycles. The first-order valence-corrected chi connectivity index (χ1v) is 21.1. The summed E-state index contributed by atoms with van der Waals surface area (Å²) in [5.74, 6) is 0.242. The van der Waals surface area contributed by atoms with E-state index in [1.54, 1.807) is 40.1 Å². The second kappa shape index (κ2) is 24.9. The van der Waals surface area contributed by atoms with E-state index in [-0.39, 0.29) is 54.9 Å². The smallest absolute Gasteiger partial charge is 0.872 e. The maximum absolute atomic E-state index is 12.9. The quantitative estimate of drug-likeness (QED) is 0.231. The first kappa shape index (κ1) is 54.9. The molecule has 2 atom stereocenters. The van der Waals surface area contributed by atoms with E-state index >= 15 is 0 Å². The molecule has 2 aromatic carbocycles. The minimum Gasteiger partial charge on any atom is -0.872 e. The van der Waals surface area contributed by atoms with E-state index < -0.39 is 12.2 Å². The predicted octanol–water partition coefficient (Wildman–Crippen LogP) is 7.34. The molecule has 0 radical (unpaired) electrons. The van der Waals surface area contributed by atoms with Crippen molar-refractivity contribution in [2.24, 2.45) is 9.98 Å². The van der Waals surface area contributed by atoms with Crippen molar-refractivity contribution in [3.8, 4) is 11.5 Å². The van der Waals surface area contributed by atoms with Crippen molar-refractivity contribution in [3.05, 3.63) is 57.6 Å². The van der Waals surface area contributed by atoms with Crippen LogP contribution in [0, 0.1) is 0 Å². The van der Waals surface area contributed by atoms with Crippen LogP contribution in [0.4, 0.5) is 0 Å². The van der Waals surface area contributed by atoms with Gasteiger partial charge in [0.05, 0.1) is 13.1 Å². The molecule has 320 valence electrons. The maximum Gasteiger partial charge on any atom is 4.00 e. The number of rotatable bonds is 6. The van der Waals surface area contributed by atoms with Crippen LogP contribution >= 0.6 is 0 Å². The standard InChI is InChI=1S/2C21H34N2O.2C3H7O.Ti/c2*1-20(2,3)16-11-15(19(24)18(12-16)21(4,5)6)13-22-14-17-9-7-8-10-23-17;2*1-3(2)4;/h2*11-13,17,23-24H,7-10,14H2,1-6H3;2*3H,1-2H3;/q;;2*-1;+4/p-2/t2*17-;;;/m00.../s1. The van der Waals surface area contributed by atoms with Crippen molar-refractivity contribution in [3.63, 3.8) is 0 Å². The Morgan fingerprint density at radius 3 is 1.09 bits per heavy atom. The van der Waals surface area contributed by atoms with Crippen LogP contribution in [0.2, 0.25) is 0 Å². The second-order valence-electron chi connectivity index (χ2n) is 20.3. The van der Waals surface area contributed by atoms with Gasteiger partial charge in [-0.05, 0) is 93.8 Å². The maximum atomic E-state index is 12.9. The average Bonchev–Trinajstić information content (AvgIpc) is 3.05. The van der Waals surface area contributed by atoms with Crippen molar-refractivity contribution in [1.82, 2.24) is 10.6 Å². The van der Waals surface area contributed by atoms with Crippen LogP contribution in [0.15, 0.2) is 34.3 Å². The van der Waals surface area contributed by atoms with E-state index in [0.717, 1.165) is 48.4 Å². The van der Waals surface area contributed by atoms with E-state index in [2.05, 4.69) is 116 Å². The Bertz CT molecular complexity index is 1380. The molecule has 0 aromatic heterocycles. The van der Waals surface area contributed by atoms with Crippen molar-refractivity contribution in [1.29, 1.82) is 0 Å². The Kier molecular flexibility index (Phi) is 24.0. The molecule has 9 heteroatoms. The molecule has 57 heavy (non-hydrogen) atoms.